The van der Waals surface area contributed by atoms with Gasteiger partial charge in [0.1, 0.15) is 12.4 Å². The van der Waals surface area contributed by atoms with E-state index in [0.717, 1.165) is 21.3 Å². The molecule has 6 heteroatoms. The summed E-state index contributed by atoms with van der Waals surface area (Å²) >= 11 is 3.45. The molecule has 2 rings (SSSR count). The summed E-state index contributed by atoms with van der Waals surface area (Å²) in [6, 6.07) is 9.36. The molecule has 2 aromatic rings. The lowest BCUT2D eigenvalue weighted by Crippen LogP contribution is -2.27. The highest BCUT2D eigenvalue weighted by Crippen LogP contribution is 2.27. The Morgan fingerprint density at radius 1 is 1.43 bits per heavy atom. The third kappa shape index (κ3) is 4.70. The molecule has 0 radical (unpaired) electrons. The monoisotopic (exact) mass is 347 g/mol. The van der Waals surface area contributed by atoms with E-state index in [9.17, 15) is 4.79 Å². The minimum Gasteiger partial charge on any atom is -0.488 e. The zero-order valence-electron chi connectivity index (χ0n) is 11.1. The average Bonchev–Trinajstić information content (AvgIpc) is 2.52. The van der Waals surface area contributed by atoms with Crippen molar-refractivity contribution >= 4 is 27.9 Å². The van der Waals surface area contributed by atoms with Gasteiger partial charge in [-0.2, -0.15) is 0 Å². The number of rotatable bonds is 5. The van der Waals surface area contributed by atoms with Gasteiger partial charge < -0.3 is 4.74 Å². The van der Waals surface area contributed by atoms with Gasteiger partial charge in [0.15, 0.2) is 0 Å². The van der Waals surface area contributed by atoms with Gasteiger partial charge in [0.05, 0.1) is 4.47 Å². The highest BCUT2D eigenvalue weighted by atomic mass is 79.9. The van der Waals surface area contributed by atoms with Crippen molar-refractivity contribution in [2.75, 3.05) is 0 Å². The summed E-state index contributed by atoms with van der Waals surface area (Å²) in [4.78, 5) is 15.1. The zero-order chi connectivity index (χ0) is 15.1. The van der Waals surface area contributed by atoms with Gasteiger partial charge in [0, 0.05) is 24.0 Å². The van der Waals surface area contributed by atoms with Gasteiger partial charge in [0.2, 0.25) is 0 Å². The number of carbonyl (C=O) groups is 1. The maximum Gasteiger partial charge on any atom is 0.257 e. The van der Waals surface area contributed by atoms with Crippen LogP contribution in [0.3, 0.4) is 0 Å². The number of nitrogens with one attached hydrogen (secondary N) is 1. The molecule has 0 aliphatic carbocycles. The summed E-state index contributed by atoms with van der Waals surface area (Å²) in [5.74, 6) is 5.36. The number of benzene rings is 1. The van der Waals surface area contributed by atoms with Crippen molar-refractivity contribution in [3.63, 3.8) is 0 Å². The van der Waals surface area contributed by atoms with Gasteiger partial charge in [-0.3, -0.25) is 15.2 Å². The van der Waals surface area contributed by atoms with Crippen LogP contribution in [-0.4, -0.2) is 10.9 Å². The third-order valence-corrected chi connectivity index (χ3v) is 3.26. The molecule has 1 aromatic heterocycles. The number of hydrogen-bond acceptors (Lipinski definition) is 4. The first-order valence-corrected chi connectivity index (χ1v) is 6.98. The van der Waals surface area contributed by atoms with Crippen LogP contribution < -0.4 is 16.0 Å². The van der Waals surface area contributed by atoms with Crippen molar-refractivity contribution in [3.8, 4) is 5.75 Å². The number of ether oxygens (including phenoxy) is 1. The minimum atomic E-state index is -0.358. The molecule has 0 aliphatic rings. The van der Waals surface area contributed by atoms with E-state index in [4.69, 9.17) is 10.6 Å². The highest BCUT2D eigenvalue weighted by molar-refractivity contribution is 9.10. The Morgan fingerprint density at radius 3 is 2.95 bits per heavy atom. The first kappa shape index (κ1) is 15.2. The topological polar surface area (TPSA) is 77.2 Å². The number of hydrazine groups is 1. The molecule has 108 valence electrons. The van der Waals surface area contributed by atoms with Gasteiger partial charge in [-0.05, 0) is 45.8 Å². The number of nitrogens with zero attached hydrogens (tertiary/aromatic N) is 1. The lowest BCUT2D eigenvalue weighted by molar-refractivity contribution is -0.116. The normalized spacial score (nSPS) is 10.6. The fourth-order valence-corrected chi connectivity index (χ4v) is 2.11. The SMILES string of the molecule is NNC(=O)/C=C/c1ccc(OCc2cccnc2)c(Br)c1. The van der Waals surface area contributed by atoms with E-state index < -0.39 is 0 Å². The number of hydrogen-bond donors (Lipinski definition) is 2. The predicted molar refractivity (Wildman–Crippen MR) is 84.1 cm³/mol. The molecule has 0 aliphatic heterocycles. The smallest absolute Gasteiger partial charge is 0.257 e. The fraction of sp³-hybridized carbons (Fsp3) is 0.0667. The Hall–Kier alpha value is -2.18. The van der Waals surface area contributed by atoms with E-state index in [1.807, 2.05) is 35.8 Å². The molecule has 1 aromatic carbocycles. The van der Waals surface area contributed by atoms with Crippen LogP contribution in [0.15, 0.2) is 53.3 Å². The molecule has 1 amide bonds. The average molecular weight is 348 g/mol. The number of amides is 1. The number of aromatic nitrogens is 1. The molecule has 0 bridgehead atoms. The van der Waals surface area contributed by atoms with Gasteiger partial charge in [-0.1, -0.05) is 12.1 Å². The second kappa shape index (κ2) is 7.56. The first-order valence-electron chi connectivity index (χ1n) is 6.19. The molecule has 0 saturated carbocycles. The molecule has 0 fully saturated rings. The van der Waals surface area contributed by atoms with Crippen molar-refractivity contribution in [2.45, 2.75) is 6.61 Å². The molecule has 0 atom stereocenters. The lowest BCUT2D eigenvalue weighted by atomic mass is 10.2. The second-order valence-corrected chi connectivity index (χ2v) is 5.04. The lowest BCUT2D eigenvalue weighted by Gasteiger charge is -2.08. The molecular weight excluding hydrogens is 334 g/mol. The van der Waals surface area contributed by atoms with E-state index in [-0.39, 0.29) is 5.91 Å². The van der Waals surface area contributed by atoms with Crippen molar-refractivity contribution in [1.82, 2.24) is 10.4 Å². The number of halogens is 1. The number of carbonyl (C=O) groups excluding carboxylic acids is 1. The fourth-order valence-electron chi connectivity index (χ4n) is 1.60. The zero-order valence-corrected chi connectivity index (χ0v) is 12.7. The van der Waals surface area contributed by atoms with Crippen LogP contribution in [0.2, 0.25) is 0 Å². The molecule has 0 unspecified atom stereocenters. The van der Waals surface area contributed by atoms with Crippen LogP contribution in [0.5, 0.6) is 5.75 Å². The standard InChI is InChI=1S/C15H14BrN3O2/c16-13-8-11(4-6-15(20)19-17)3-5-14(13)21-10-12-2-1-7-18-9-12/h1-9H,10,17H2,(H,19,20)/b6-4+. The summed E-state index contributed by atoms with van der Waals surface area (Å²) in [5, 5.41) is 0. The Morgan fingerprint density at radius 2 is 2.29 bits per heavy atom. The quantitative estimate of drug-likeness (QED) is 0.377. The van der Waals surface area contributed by atoms with Gasteiger partial charge in [-0.25, -0.2) is 5.84 Å². The van der Waals surface area contributed by atoms with Crippen LogP contribution in [0, 0.1) is 0 Å². The highest BCUT2D eigenvalue weighted by Gasteiger charge is 2.02. The van der Waals surface area contributed by atoms with E-state index in [2.05, 4.69) is 20.9 Å². The maximum atomic E-state index is 11.0. The Kier molecular flexibility index (Phi) is 5.48. The second-order valence-electron chi connectivity index (χ2n) is 4.18. The molecule has 5 nitrogen and oxygen atoms in total. The summed E-state index contributed by atoms with van der Waals surface area (Å²) in [5.41, 5.74) is 3.89. The summed E-state index contributed by atoms with van der Waals surface area (Å²) in [6.45, 7) is 0.442. The molecule has 21 heavy (non-hydrogen) atoms. The van der Waals surface area contributed by atoms with Crippen LogP contribution in [0.1, 0.15) is 11.1 Å². The Balaban J connectivity index is 2.02. The van der Waals surface area contributed by atoms with Gasteiger partial charge in [0.25, 0.3) is 5.91 Å². The molecule has 3 N–H and O–H groups in total. The van der Waals surface area contributed by atoms with Crippen molar-refractivity contribution in [3.05, 3.63) is 64.4 Å². The van der Waals surface area contributed by atoms with Gasteiger partial charge >= 0.3 is 0 Å². The Labute approximate surface area is 130 Å². The molecule has 0 spiro atoms. The Bertz CT molecular complexity index is 645. The number of nitrogens with two attached hydrogens (primary N) is 1. The summed E-state index contributed by atoms with van der Waals surface area (Å²) in [7, 11) is 0. The minimum absolute atomic E-state index is 0.358. The first-order chi connectivity index (χ1) is 10.2. The van der Waals surface area contributed by atoms with E-state index in [1.54, 1.807) is 18.5 Å². The summed E-state index contributed by atoms with van der Waals surface area (Å²) in [6.07, 6.45) is 6.50. The number of pyridine rings is 1. The predicted octanol–water partition coefficient (Wildman–Crippen LogP) is 2.43. The van der Waals surface area contributed by atoms with Crippen LogP contribution in [0.4, 0.5) is 0 Å². The van der Waals surface area contributed by atoms with E-state index in [1.165, 1.54) is 6.08 Å². The van der Waals surface area contributed by atoms with Crippen LogP contribution >= 0.6 is 15.9 Å². The van der Waals surface area contributed by atoms with Crippen molar-refractivity contribution in [2.24, 2.45) is 5.84 Å². The maximum absolute atomic E-state index is 11.0. The van der Waals surface area contributed by atoms with Crippen molar-refractivity contribution < 1.29 is 9.53 Å². The largest absolute Gasteiger partial charge is 0.488 e. The molecular formula is C15H14BrN3O2. The van der Waals surface area contributed by atoms with Crippen LogP contribution in [0.25, 0.3) is 6.08 Å². The van der Waals surface area contributed by atoms with E-state index in [0.29, 0.717) is 6.61 Å². The summed E-state index contributed by atoms with van der Waals surface area (Å²) < 4.78 is 6.52. The van der Waals surface area contributed by atoms with Crippen molar-refractivity contribution in [1.29, 1.82) is 0 Å². The van der Waals surface area contributed by atoms with Gasteiger partial charge in [-0.15, -0.1) is 0 Å². The third-order valence-electron chi connectivity index (χ3n) is 2.64. The molecule has 0 saturated heterocycles. The van der Waals surface area contributed by atoms with E-state index >= 15 is 0 Å². The van der Waals surface area contributed by atoms with Crippen LogP contribution in [-0.2, 0) is 11.4 Å². The molecule has 1 heterocycles.